The lowest BCUT2D eigenvalue weighted by molar-refractivity contribution is 0.102. The van der Waals surface area contributed by atoms with Crippen LogP contribution < -0.4 is 10.6 Å². The van der Waals surface area contributed by atoms with Crippen molar-refractivity contribution in [3.8, 4) is 0 Å². The molecule has 148 valence electrons. The summed E-state index contributed by atoms with van der Waals surface area (Å²) in [4.78, 5) is 12.3. The number of benzene rings is 4. The van der Waals surface area contributed by atoms with Crippen molar-refractivity contribution in [3.63, 3.8) is 0 Å². The van der Waals surface area contributed by atoms with E-state index in [0.29, 0.717) is 17.5 Å². The second-order valence-corrected chi connectivity index (χ2v) is 7.95. The second kappa shape index (κ2) is 8.13. The molecule has 0 heterocycles. The molecule has 4 aromatic carbocycles. The topological polar surface area (TPSA) is 41.1 Å². The Kier molecular flexibility index (Phi) is 5.04. The van der Waals surface area contributed by atoms with Gasteiger partial charge in [-0.3, -0.25) is 4.79 Å². The van der Waals surface area contributed by atoms with Crippen molar-refractivity contribution in [2.75, 3.05) is 5.32 Å². The minimum Gasteiger partial charge on any atom is -0.322 e. The van der Waals surface area contributed by atoms with Gasteiger partial charge in [0.2, 0.25) is 0 Å². The lowest BCUT2D eigenvalue weighted by Gasteiger charge is -2.08. The molecule has 1 saturated carbocycles. The van der Waals surface area contributed by atoms with Crippen molar-refractivity contribution in [1.82, 2.24) is 5.32 Å². The minimum atomic E-state index is -0.0790. The van der Waals surface area contributed by atoms with Gasteiger partial charge in [0.15, 0.2) is 0 Å². The Morgan fingerprint density at radius 1 is 0.800 bits per heavy atom. The molecule has 2 N–H and O–H groups in total. The van der Waals surface area contributed by atoms with E-state index in [4.69, 9.17) is 0 Å². The molecule has 5 rings (SSSR count). The van der Waals surface area contributed by atoms with Crippen molar-refractivity contribution in [2.24, 2.45) is 0 Å². The van der Waals surface area contributed by atoms with Crippen molar-refractivity contribution in [3.05, 3.63) is 114 Å². The van der Waals surface area contributed by atoms with Crippen molar-refractivity contribution < 1.29 is 4.79 Å². The van der Waals surface area contributed by atoms with Crippen LogP contribution in [0.25, 0.3) is 10.8 Å². The van der Waals surface area contributed by atoms with Crippen LogP contribution in [0, 0.1) is 0 Å². The first-order valence-electron chi connectivity index (χ1n) is 10.4. The maximum absolute atomic E-state index is 12.3. The predicted molar refractivity (Wildman–Crippen MR) is 123 cm³/mol. The Hall–Kier alpha value is -3.43. The highest BCUT2D eigenvalue weighted by Crippen LogP contribution is 2.41. The largest absolute Gasteiger partial charge is 0.322 e. The molecular weight excluding hydrogens is 368 g/mol. The van der Waals surface area contributed by atoms with Crippen LogP contribution in [0.3, 0.4) is 0 Å². The van der Waals surface area contributed by atoms with Crippen molar-refractivity contribution in [1.29, 1.82) is 0 Å². The Morgan fingerprint density at radius 2 is 1.53 bits per heavy atom. The fourth-order valence-electron chi connectivity index (χ4n) is 3.99. The summed E-state index contributed by atoms with van der Waals surface area (Å²) < 4.78 is 0. The zero-order chi connectivity index (χ0) is 20.3. The second-order valence-electron chi connectivity index (χ2n) is 7.95. The first kappa shape index (κ1) is 18.6. The molecular formula is C27H24N2O. The summed E-state index contributed by atoms with van der Waals surface area (Å²) in [7, 11) is 0. The molecule has 30 heavy (non-hydrogen) atoms. The van der Waals surface area contributed by atoms with Gasteiger partial charge in [-0.05, 0) is 58.7 Å². The van der Waals surface area contributed by atoms with E-state index < -0.39 is 0 Å². The molecule has 1 aliphatic rings. The number of amides is 1. The van der Waals surface area contributed by atoms with E-state index in [1.54, 1.807) is 0 Å². The van der Waals surface area contributed by atoms with Crippen LogP contribution in [-0.2, 0) is 6.54 Å². The third-order valence-corrected chi connectivity index (χ3v) is 5.81. The number of hydrogen-bond donors (Lipinski definition) is 2. The number of nitrogens with one attached hydrogen (secondary N) is 2. The van der Waals surface area contributed by atoms with E-state index in [0.717, 1.165) is 18.7 Å². The predicted octanol–water partition coefficient (Wildman–Crippen LogP) is 5.74. The minimum absolute atomic E-state index is 0.0790. The van der Waals surface area contributed by atoms with E-state index in [1.165, 1.54) is 21.9 Å². The van der Waals surface area contributed by atoms with Crippen LogP contribution in [-0.4, -0.2) is 11.9 Å². The third kappa shape index (κ3) is 4.12. The maximum Gasteiger partial charge on any atom is 0.255 e. The summed E-state index contributed by atoms with van der Waals surface area (Å²) in [5, 5.41) is 9.22. The highest BCUT2D eigenvalue weighted by atomic mass is 16.1. The van der Waals surface area contributed by atoms with Gasteiger partial charge in [0.05, 0.1) is 0 Å². The highest BCUT2D eigenvalue weighted by molar-refractivity contribution is 6.04. The lowest BCUT2D eigenvalue weighted by Crippen LogP contribution is -2.17. The van der Waals surface area contributed by atoms with Gasteiger partial charge in [0.1, 0.15) is 0 Å². The van der Waals surface area contributed by atoms with Crippen LogP contribution in [0.4, 0.5) is 5.69 Å². The number of hydrogen-bond acceptors (Lipinski definition) is 2. The van der Waals surface area contributed by atoms with Gasteiger partial charge in [0.25, 0.3) is 5.91 Å². The summed E-state index contributed by atoms with van der Waals surface area (Å²) >= 11 is 0. The molecule has 2 atom stereocenters. The molecule has 1 amide bonds. The van der Waals surface area contributed by atoms with E-state index in [1.807, 2.05) is 42.5 Å². The molecule has 3 heteroatoms. The number of carbonyl (C=O) groups is 1. The zero-order valence-electron chi connectivity index (χ0n) is 16.7. The molecule has 0 aromatic heterocycles. The standard InChI is InChI=1S/C27H24N2O/c30-27(22-7-2-1-3-8-22)29-24-14-12-21(13-15-24)25-17-26(25)28-18-19-10-11-20-6-4-5-9-23(20)16-19/h1-16,25-26,28H,17-18H2,(H,29,30). The fraction of sp³-hybridized carbons (Fsp3) is 0.148. The molecule has 0 radical (unpaired) electrons. The monoisotopic (exact) mass is 392 g/mol. The van der Waals surface area contributed by atoms with Crippen LogP contribution in [0.2, 0.25) is 0 Å². The van der Waals surface area contributed by atoms with Gasteiger partial charge in [-0.2, -0.15) is 0 Å². The van der Waals surface area contributed by atoms with Crippen LogP contribution in [0.1, 0.15) is 33.8 Å². The summed E-state index contributed by atoms with van der Waals surface area (Å²) in [6, 6.07) is 33.2. The van der Waals surface area contributed by atoms with E-state index in [2.05, 4.69) is 65.2 Å². The molecule has 2 unspecified atom stereocenters. The van der Waals surface area contributed by atoms with Crippen molar-refractivity contribution >= 4 is 22.4 Å². The molecule has 0 bridgehead atoms. The molecule has 3 nitrogen and oxygen atoms in total. The first-order chi connectivity index (χ1) is 14.8. The Balaban J connectivity index is 1.16. The summed E-state index contributed by atoms with van der Waals surface area (Å²) in [6.45, 7) is 0.886. The number of anilines is 1. The molecule has 1 fully saturated rings. The molecule has 1 aliphatic carbocycles. The van der Waals surface area contributed by atoms with Gasteiger partial charge in [0, 0.05) is 29.8 Å². The summed E-state index contributed by atoms with van der Waals surface area (Å²) in [6.07, 6.45) is 1.16. The van der Waals surface area contributed by atoms with Gasteiger partial charge < -0.3 is 10.6 Å². The van der Waals surface area contributed by atoms with E-state index in [-0.39, 0.29) is 5.91 Å². The van der Waals surface area contributed by atoms with Gasteiger partial charge >= 0.3 is 0 Å². The Bertz CT molecular complexity index is 1170. The average molecular weight is 393 g/mol. The SMILES string of the molecule is O=C(Nc1ccc(C2CC2NCc2ccc3ccccc3c2)cc1)c1ccccc1. The Labute approximate surface area is 176 Å². The van der Waals surface area contributed by atoms with Crippen LogP contribution in [0.5, 0.6) is 0 Å². The number of fused-ring (bicyclic) bond motifs is 1. The summed E-state index contributed by atoms with van der Waals surface area (Å²) in [5.74, 6) is 0.467. The Morgan fingerprint density at radius 3 is 2.33 bits per heavy atom. The maximum atomic E-state index is 12.3. The normalized spacial score (nSPS) is 17.6. The summed E-state index contributed by atoms with van der Waals surface area (Å²) in [5.41, 5.74) is 4.14. The highest BCUT2D eigenvalue weighted by Gasteiger charge is 2.37. The van der Waals surface area contributed by atoms with Crippen molar-refractivity contribution in [2.45, 2.75) is 24.9 Å². The third-order valence-electron chi connectivity index (χ3n) is 5.81. The fourth-order valence-corrected chi connectivity index (χ4v) is 3.99. The molecule has 0 saturated heterocycles. The zero-order valence-corrected chi connectivity index (χ0v) is 16.7. The van der Waals surface area contributed by atoms with E-state index in [9.17, 15) is 4.79 Å². The number of rotatable bonds is 6. The first-order valence-corrected chi connectivity index (χ1v) is 10.4. The quantitative estimate of drug-likeness (QED) is 0.439. The molecule has 0 spiro atoms. The van der Waals surface area contributed by atoms with Crippen LogP contribution in [0.15, 0.2) is 97.1 Å². The van der Waals surface area contributed by atoms with Crippen LogP contribution >= 0.6 is 0 Å². The van der Waals surface area contributed by atoms with Gasteiger partial charge in [-0.1, -0.05) is 66.7 Å². The number of carbonyl (C=O) groups excluding carboxylic acids is 1. The average Bonchev–Trinajstić information content (AvgIpc) is 3.58. The van der Waals surface area contributed by atoms with Gasteiger partial charge in [-0.25, -0.2) is 0 Å². The van der Waals surface area contributed by atoms with Gasteiger partial charge in [-0.15, -0.1) is 0 Å². The molecule has 4 aromatic rings. The lowest BCUT2D eigenvalue weighted by atomic mass is 10.1. The van der Waals surface area contributed by atoms with E-state index >= 15 is 0 Å². The molecule has 0 aliphatic heterocycles. The smallest absolute Gasteiger partial charge is 0.255 e.